The highest BCUT2D eigenvalue weighted by Gasteiger charge is 2.17. The molecule has 3 nitrogen and oxygen atoms in total. The van der Waals surface area contributed by atoms with Gasteiger partial charge in [0.15, 0.2) is 5.78 Å². The molecule has 2 N–H and O–H groups in total. The molecular weight excluding hydrogens is 216 g/mol. The van der Waals surface area contributed by atoms with Crippen molar-refractivity contribution in [1.29, 1.82) is 0 Å². The Bertz CT molecular complexity index is 470. The van der Waals surface area contributed by atoms with Crippen molar-refractivity contribution in [2.75, 3.05) is 0 Å². The van der Waals surface area contributed by atoms with Gasteiger partial charge < -0.3 is 10.2 Å². The molecule has 3 heteroatoms. The maximum atomic E-state index is 11.8. The average molecular weight is 232 g/mol. The van der Waals surface area contributed by atoms with Gasteiger partial charge in [0.25, 0.3) is 0 Å². The number of carbonyl (C=O) groups is 1. The van der Waals surface area contributed by atoms with Gasteiger partial charge in [0.1, 0.15) is 17.1 Å². The number of aromatic hydroxyl groups is 2. The van der Waals surface area contributed by atoms with Gasteiger partial charge in [-0.05, 0) is 44.0 Å². The molecule has 90 valence electrons. The molecule has 0 saturated heterocycles. The van der Waals surface area contributed by atoms with Gasteiger partial charge in [0.05, 0.1) is 0 Å². The molecule has 0 spiro atoms. The van der Waals surface area contributed by atoms with Gasteiger partial charge in [-0.3, -0.25) is 4.79 Å². The lowest BCUT2D eigenvalue weighted by Crippen LogP contribution is -1.98. The summed E-state index contributed by atoms with van der Waals surface area (Å²) in [7, 11) is 0. The summed E-state index contributed by atoms with van der Waals surface area (Å²) < 4.78 is 0. The number of ketones is 1. The molecule has 0 amide bonds. The zero-order chi connectivity index (χ0) is 13.0. The lowest BCUT2D eigenvalue weighted by Gasteiger charge is -2.09. The molecule has 0 fully saturated rings. The quantitative estimate of drug-likeness (QED) is 0.478. The molecule has 1 aromatic carbocycles. The summed E-state index contributed by atoms with van der Waals surface area (Å²) in [5, 5.41) is 19.6. The Morgan fingerprint density at radius 3 is 2.12 bits per heavy atom. The Balaban J connectivity index is 3.26. The Hall–Kier alpha value is -2.03. The van der Waals surface area contributed by atoms with Crippen molar-refractivity contribution in [1.82, 2.24) is 0 Å². The first-order chi connectivity index (χ1) is 7.99. The second-order valence-electron chi connectivity index (χ2n) is 3.83. The van der Waals surface area contributed by atoms with Crippen LogP contribution >= 0.6 is 0 Å². The highest BCUT2D eigenvalue weighted by atomic mass is 16.3. The fraction of sp³-hybridized carbons (Fsp3) is 0.214. The van der Waals surface area contributed by atoms with Crippen molar-refractivity contribution < 1.29 is 15.0 Å². The van der Waals surface area contributed by atoms with Crippen LogP contribution in [0.3, 0.4) is 0 Å². The van der Waals surface area contributed by atoms with E-state index in [9.17, 15) is 15.0 Å². The maximum Gasteiger partial charge on any atom is 0.193 e. The first kappa shape index (κ1) is 13.0. The van der Waals surface area contributed by atoms with Crippen LogP contribution in [0.4, 0.5) is 0 Å². The molecule has 17 heavy (non-hydrogen) atoms. The van der Waals surface area contributed by atoms with Crippen molar-refractivity contribution >= 4 is 5.78 Å². The molecule has 0 aromatic heterocycles. The van der Waals surface area contributed by atoms with Gasteiger partial charge in [-0.1, -0.05) is 18.2 Å². The Kier molecular flexibility index (Phi) is 4.10. The van der Waals surface area contributed by atoms with E-state index in [4.69, 9.17) is 0 Å². The molecule has 1 rings (SSSR count). The standard InChI is InChI=1S/C14H16O3/c1-4-5-6-7-11(15)12-13(16)9(2)8-10(3)14(12)17/h4-8,16-17H,1-3H3. The van der Waals surface area contributed by atoms with Crippen LogP contribution in [-0.4, -0.2) is 16.0 Å². The normalized spacial score (nSPS) is 11.5. The predicted octanol–water partition coefficient (Wildman–Crippen LogP) is 3.03. The molecule has 0 aliphatic rings. The predicted molar refractivity (Wildman–Crippen MR) is 67.5 cm³/mol. The van der Waals surface area contributed by atoms with Crippen molar-refractivity contribution in [3.8, 4) is 11.5 Å². The minimum atomic E-state index is -0.412. The van der Waals surface area contributed by atoms with Gasteiger partial charge in [-0.25, -0.2) is 0 Å². The van der Waals surface area contributed by atoms with Gasteiger partial charge in [-0.15, -0.1) is 0 Å². The third kappa shape index (κ3) is 2.75. The highest BCUT2D eigenvalue weighted by Crippen LogP contribution is 2.33. The lowest BCUT2D eigenvalue weighted by atomic mass is 10.0. The zero-order valence-electron chi connectivity index (χ0n) is 10.2. The first-order valence-electron chi connectivity index (χ1n) is 5.34. The number of benzene rings is 1. The van der Waals surface area contributed by atoms with Crippen LogP contribution in [0.2, 0.25) is 0 Å². The summed E-state index contributed by atoms with van der Waals surface area (Å²) in [5.74, 6) is -0.739. The van der Waals surface area contributed by atoms with Crippen molar-refractivity contribution in [3.63, 3.8) is 0 Å². The summed E-state index contributed by atoms with van der Waals surface area (Å²) in [4.78, 5) is 11.8. The van der Waals surface area contributed by atoms with Crippen LogP contribution in [0, 0.1) is 13.8 Å². The summed E-state index contributed by atoms with van der Waals surface area (Å²) in [6.07, 6.45) is 6.37. The summed E-state index contributed by atoms with van der Waals surface area (Å²) in [6, 6.07) is 1.64. The Morgan fingerprint density at radius 1 is 1.12 bits per heavy atom. The van der Waals surface area contributed by atoms with Gasteiger partial charge in [-0.2, -0.15) is 0 Å². The molecule has 0 atom stereocenters. The fourth-order valence-electron chi connectivity index (χ4n) is 1.54. The number of aryl methyl sites for hydroxylation is 2. The number of carbonyl (C=O) groups excluding carboxylic acids is 1. The molecule has 0 aliphatic carbocycles. The van der Waals surface area contributed by atoms with Crippen LogP contribution < -0.4 is 0 Å². The van der Waals surface area contributed by atoms with E-state index in [0.29, 0.717) is 11.1 Å². The minimum absolute atomic E-state index is 0.0387. The van der Waals surface area contributed by atoms with Gasteiger partial charge >= 0.3 is 0 Å². The highest BCUT2D eigenvalue weighted by molar-refractivity contribution is 6.09. The van der Waals surface area contributed by atoms with Crippen molar-refractivity contribution in [2.45, 2.75) is 20.8 Å². The van der Waals surface area contributed by atoms with Crippen LogP contribution in [0.1, 0.15) is 28.4 Å². The second-order valence-corrected chi connectivity index (χ2v) is 3.83. The third-order valence-corrected chi connectivity index (χ3v) is 2.45. The van der Waals surface area contributed by atoms with E-state index in [0.717, 1.165) is 0 Å². The van der Waals surface area contributed by atoms with E-state index >= 15 is 0 Å². The van der Waals surface area contributed by atoms with Crippen molar-refractivity contribution in [2.24, 2.45) is 0 Å². The summed E-state index contributed by atoms with van der Waals surface area (Å²) in [6.45, 7) is 5.21. The smallest absolute Gasteiger partial charge is 0.193 e. The Morgan fingerprint density at radius 2 is 1.65 bits per heavy atom. The topological polar surface area (TPSA) is 57.5 Å². The largest absolute Gasteiger partial charge is 0.507 e. The first-order valence-corrected chi connectivity index (χ1v) is 5.34. The molecule has 1 aromatic rings. The second kappa shape index (κ2) is 5.34. The minimum Gasteiger partial charge on any atom is -0.507 e. The van der Waals surface area contributed by atoms with E-state index in [1.165, 1.54) is 6.08 Å². The number of rotatable bonds is 3. The zero-order valence-corrected chi connectivity index (χ0v) is 10.2. The van der Waals surface area contributed by atoms with E-state index < -0.39 is 5.78 Å². The molecule has 0 bridgehead atoms. The molecule has 0 heterocycles. The van der Waals surface area contributed by atoms with Crippen LogP contribution in [0.5, 0.6) is 11.5 Å². The maximum absolute atomic E-state index is 11.8. The van der Waals surface area contributed by atoms with Crippen molar-refractivity contribution in [3.05, 3.63) is 47.1 Å². The Labute approximate surface area is 101 Å². The van der Waals surface area contributed by atoms with Crippen LogP contribution in [0.25, 0.3) is 0 Å². The summed E-state index contributed by atoms with van der Waals surface area (Å²) in [5.41, 5.74) is 1.11. The van der Waals surface area contributed by atoms with E-state index in [1.807, 2.05) is 6.92 Å². The average Bonchev–Trinajstić information content (AvgIpc) is 2.27. The number of allylic oxidation sites excluding steroid dienone is 4. The molecule has 0 saturated carbocycles. The number of hydrogen-bond acceptors (Lipinski definition) is 3. The molecule has 0 radical (unpaired) electrons. The summed E-state index contributed by atoms with van der Waals surface area (Å²) >= 11 is 0. The van der Waals surface area contributed by atoms with Crippen LogP contribution in [-0.2, 0) is 0 Å². The number of hydrogen-bond donors (Lipinski definition) is 2. The number of phenols is 2. The van der Waals surface area contributed by atoms with Gasteiger partial charge in [0, 0.05) is 0 Å². The van der Waals surface area contributed by atoms with Gasteiger partial charge in [0.2, 0.25) is 0 Å². The van der Waals surface area contributed by atoms with E-state index in [-0.39, 0.29) is 17.1 Å². The van der Waals surface area contributed by atoms with Crippen LogP contribution in [0.15, 0.2) is 30.4 Å². The van der Waals surface area contributed by atoms with E-state index in [1.54, 1.807) is 38.1 Å². The monoisotopic (exact) mass is 232 g/mol. The fourth-order valence-corrected chi connectivity index (χ4v) is 1.54. The SMILES string of the molecule is CC=CC=CC(=O)c1c(O)c(C)cc(C)c1O. The molecule has 0 aliphatic heterocycles. The molecule has 0 unspecified atom stereocenters. The third-order valence-electron chi connectivity index (χ3n) is 2.45. The molecular formula is C14H16O3. The number of phenolic OH excluding ortho intramolecular Hbond substituents is 2. The lowest BCUT2D eigenvalue weighted by molar-refractivity contribution is 0.104. The van der Waals surface area contributed by atoms with E-state index in [2.05, 4.69) is 0 Å².